The molecular weight excluding hydrogens is 314 g/mol. The van der Waals surface area contributed by atoms with Crippen molar-refractivity contribution in [3.8, 4) is 0 Å². The number of carbonyl (C=O) groups is 2. The third-order valence-corrected chi connectivity index (χ3v) is 3.25. The minimum atomic E-state index is -3.63. The Labute approximate surface area is 130 Å². The highest BCUT2D eigenvalue weighted by molar-refractivity contribution is 7.94. The van der Waals surface area contributed by atoms with Crippen LogP contribution in [0, 0.1) is 0 Å². The summed E-state index contributed by atoms with van der Waals surface area (Å²) in [5.41, 5.74) is -0.732. The van der Waals surface area contributed by atoms with Crippen molar-refractivity contribution in [3.63, 3.8) is 0 Å². The molecule has 1 atom stereocenters. The lowest BCUT2D eigenvalue weighted by atomic mass is 10.2. The second-order valence-corrected chi connectivity index (χ2v) is 7.44. The van der Waals surface area contributed by atoms with Crippen LogP contribution in [0.3, 0.4) is 0 Å². The fraction of sp³-hybridized carbons (Fsp3) is 0.692. The number of esters is 1. The van der Waals surface area contributed by atoms with E-state index in [1.165, 1.54) is 14.2 Å². The van der Waals surface area contributed by atoms with Gasteiger partial charge >= 0.3 is 12.1 Å². The van der Waals surface area contributed by atoms with Crippen LogP contribution in [0.15, 0.2) is 11.2 Å². The Bertz CT molecular complexity index is 531. The summed E-state index contributed by atoms with van der Waals surface area (Å²) < 4.78 is 37.4. The van der Waals surface area contributed by atoms with E-state index in [2.05, 4.69) is 10.1 Å². The van der Waals surface area contributed by atoms with Gasteiger partial charge in [-0.3, -0.25) is 4.79 Å². The SMILES string of the molecule is COC(=O)C[C@@H](/C=C(\OC)S(C)(=O)=O)NC(=O)OC(C)(C)C. The molecule has 0 rings (SSSR count). The molecule has 0 aromatic rings. The zero-order valence-corrected chi connectivity index (χ0v) is 14.4. The van der Waals surface area contributed by atoms with E-state index in [0.29, 0.717) is 0 Å². The van der Waals surface area contributed by atoms with Crippen LogP contribution in [-0.2, 0) is 28.8 Å². The molecule has 0 aliphatic rings. The van der Waals surface area contributed by atoms with Gasteiger partial charge in [0.05, 0.1) is 26.7 Å². The van der Waals surface area contributed by atoms with E-state index >= 15 is 0 Å². The summed E-state index contributed by atoms with van der Waals surface area (Å²) in [6.45, 7) is 5.03. The van der Waals surface area contributed by atoms with E-state index in [9.17, 15) is 18.0 Å². The van der Waals surface area contributed by atoms with Crippen LogP contribution in [0.1, 0.15) is 27.2 Å². The lowest BCUT2D eigenvalue weighted by molar-refractivity contribution is -0.140. The first-order chi connectivity index (χ1) is 9.89. The van der Waals surface area contributed by atoms with E-state index in [1.54, 1.807) is 20.8 Å². The monoisotopic (exact) mass is 337 g/mol. The first kappa shape index (κ1) is 20.2. The third-order valence-electron chi connectivity index (χ3n) is 2.22. The molecule has 8 nitrogen and oxygen atoms in total. The predicted molar refractivity (Wildman–Crippen MR) is 79.7 cm³/mol. The Balaban J connectivity index is 5.25. The summed E-state index contributed by atoms with van der Waals surface area (Å²) in [6, 6.07) is -0.952. The van der Waals surface area contributed by atoms with Crippen molar-refractivity contribution >= 4 is 21.9 Å². The number of ether oxygens (including phenoxy) is 3. The number of hydrogen-bond donors (Lipinski definition) is 1. The summed E-state index contributed by atoms with van der Waals surface area (Å²) in [6.07, 6.45) is 1.01. The summed E-state index contributed by atoms with van der Waals surface area (Å²) in [4.78, 5) is 23.1. The minimum Gasteiger partial charge on any atom is -0.487 e. The lowest BCUT2D eigenvalue weighted by Gasteiger charge is -2.22. The molecule has 1 N–H and O–H groups in total. The zero-order chi connectivity index (χ0) is 17.6. The number of amides is 1. The smallest absolute Gasteiger partial charge is 0.408 e. The van der Waals surface area contributed by atoms with Crippen LogP contribution in [0.5, 0.6) is 0 Å². The van der Waals surface area contributed by atoms with Gasteiger partial charge in [0.25, 0.3) is 0 Å². The van der Waals surface area contributed by atoms with Crippen molar-refractivity contribution in [2.75, 3.05) is 20.5 Å². The minimum absolute atomic E-state index is 0.266. The van der Waals surface area contributed by atoms with Crippen LogP contribution in [0.25, 0.3) is 0 Å². The Morgan fingerprint density at radius 3 is 2.09 bits per heavy atom. The largest absolute Gasteiger partial charge is 0.487 e. The molecule has 0 aromatic carbocycles. The van der Waals surface area contributed by atoms with Crippen molar-refractivity contribution < 1.29 is 32.2 Å². The molecule has 0 saturated heterocycles. The van der Waals surface area contributed by atoms with Gasteiger partial charge in [-0.1, -0.05) is 0 Å². The van der Waals surface area contributed by atoms with Gasteiger partial charge in [0.15, 0.2) is 0 Å². The van der Waals surface area contributed by atoms with Gasteiger partial charge in [-0.2, -0.15) is 0 Å². The van der Waals surface area contributed by atoms with Gasteiger partial charge in [-0.15, -0.1) is 0 Å². The lowest BCUT2D eigenvalue weighted by Crippen LogP contribution is -2.39. The molecule has 0 bridgehead atoms. The number of hydrogen-bond acceptors (Lipinski definition) is 7. The van der Waals surface area contributed by atoms with Gasteiger partial charge in [0.1, 0.15) is 5.60 Å². The van der Waals surface area contributed by atoms with Crippen molar-refractivity contribution in [3.05, 3.63) is 11.2 Å². The second kappa shape index (κ2) is 8.02. The number of carbonyl (C=O) groups excluding carboxylic acids is 2. The summed E-state index contributed by atoms with van der Waals surface area (Å²) in [5, 5.41) is 2.03. The molecule has 0 fully saturated rings. The van der Waals surface area contributed by atoms with Crippen molar-refractivity contribution in [2.45, 2.75) is 38.8 Å². The molecule has 0 radical (unpaired) electrons. The number of rotatable bonds is 6. The van der Waals surface area contributed by atoms with Gasteiger partial charge in [-0.05, 0) is 26.8 Å². The Morgan fingerprint density at radius 2 is 1.73 bits per heavy atom. The highest BCUT2D eigenvalue weighted by Crippen LogP contribution is 2.11. The molecule has 9 heteroatoms. The number of methoxy groups -OCH3 is 2. The first-order valence-corrected chi connectivity index (χ1v) is 8.30. The topological polar surface area (TPSA) is 108 Å². The maximum absolute atomic E-state index is 11.8. The second-order valence-electron chi connectivity index (χ2n) is 5.49. The maximum atomic E-state index is 11.8. The highest BCUT2D eigenvalue weighted by Gasteiger charge is 2.23. The standard InChI is InChI=1S/C13H23NO7S/c1-13(2,3)21-12(16)14-9(7-10(15)19-4)8-11(20-5)22(6,17)18/h8-9H,7H2,1-6H3,(H,14,16)/b11-8+/t9-/m0/s1. The van der Waals surface area contributed by atoms with Crippen molar-refractivity contribution in [1.29, 1.82) is 0 Å². The predicted octanol–water partition coefficient (Wildman–Crippen LogP) is 0.975. The van der Waals surface area contributed by atoms with Crippen LogP contribution in [0.4, 0.5) is 4.79 Å². The number of sulfone groups is 1. The number of alkyl carbamates (subject to hydrolysis) is 1. The van der Waals surface area contributed by atoms with Crippen molar-refractivity contribution in [2.24, 2.45) is 0 Å². The van der Waals surface area contributed by atoms with E-state index < -0.39 is 33.5 Å². The normalized spacial score (nSPS) is 14.0. The van der Waals surface area contributed by atoms with Gasteiger partial charge in [0, 0.05) is 6.26 Å². The number of nitrogens with one attached hydrogen (secondary N) is 1. The molecule has 0 aromatic heterocycles. The Kier molecular flexibility index (Phi) is 7.37. The summed E-state index contributed by atoms with van der Waals surface area (Å²) >= 11 is 0. The average Bonchev–Trinajstić information content (AvgIpc) is 2.31. The third kappa shape index (κ3) is 8.50. The zero-order valence-electron chi connectivity index (χ0n) is 13.6. The Morgan fingerprint density at radius 1 is 1.18 bits per heavy atom. The van der Waals surface area contributed by atoms with E-state index in [-0.39, 0.29) is 11.5 Å². The van der Waals surface area contributed by atoms with Gasteiger partial charge < -0.3 is 19.5 Å². The molecule has 128 valence electrons. The molecular formula is C13H23NO7S. The van der Waals surface area contributed by atoms with Crippen LogP contribution in [0.2, 0.25) is 0 Å². The molecule has 0 aliphatic carbocycles. The van der Waals surface area contributed by atoms with E-state index in [4.69, 9.17) is 9.47 Å². The van der Waals surface area contributed by atoms with Crippen molar-refractivity contribution in [1.82, 2.24) is 5.32 Å². The molecule has 1 amide bonds. The van der Waals surface area contributed by atoms with Crippen LogP contribution in [-0.4, -0.2) is 52.6 Å². The first-order valence-electron chi connectivity index (χ1n) is 6.41. The summed E-state index contributed by atoms with van der Waals surface area (Å²) in [5.74, 6) is -0.624. The molecule has 0 unspecified atom stereocenters. The molecule has 22 heavy (non-hydrogen) atoms. The molecule has 0 aliphatic heterocycles. The molecule has 0 spiro atoms. The summed E-state index contributed by atoms with van der Waals surface area (Å²) in [7, 11) is -1.27. The fourth-order valence-electron chi connectivity index (χ4n) is 1.38. The molecule has 0 heterocycles. The quantitative estimate of drug-likeness (QED) is 0.568. The van der Waals surface area contributed by atoms with Crippen LogP contribution >= 0.6 is 0 Å². The van der Waals surface area contributed by atoms with Gasteiger partial charge in [-0.25, -0.2) is 13.2 Å². The van der Waals surface area contributed by atoms with Gasteiger partial charge in [0.2, 0.25) is 14.9 Å². The van der Waals surface area contributed by atoms with Crippen LogP contribution < -0.4 is 5.32 Å². The maximum Gasteiger partial charge on any atom is 0.408 e. The highest BCUT2D eigenvalue weighted by atomic mass is 32.2. The van der Waals surface area contributed by atoms with E-state index in [0.717, 1.165) is 12.3 Å². The average molecular weight is 337 g/mol. The Hall–Kier alpha value is -1.77. The van der Waals surface area contributed by atoms with E-state index in [1.807, 2.05) is 0 Å². The molecule has 0 saturated carbocycles. The fourth-order valence-corrected chi connectivity index (χ4v) is 2.09.